The number of rotatable bonds is 3. The van der Waals surface area contributed by atoms with Gasteiger partial charge in [-0.1, -0.05) is 64.6 Å². The van der Waals surface area contributed by atoms with Crippen molar-refractivity contribution in [1.82, 2.24) is 4.98 Å². The third-order valence-electron chi connectivity index (χ3n) is 2.31. The van der Waals surface area contributed by atoms with Crippen LogP contribution < -0.4 is 5.43 Å². The van der Waals surface area contributed by atoms with E-state index in [0.29, 0.717) is 15.9 Å². The van der Waals surface area contributed by atoms with E-state index in [1.165, 1.54) is 6.07 Å². The van der Waals surface area contributed by atoms with Crippen LogP contribution in [0.2, 0.25) is 15.2 Å². The van der Waals surface area contributed by atoms with E-state index in [4.69, 9.17) is 34.8 Å². The van der Waals surface area contributed by atoms with Gasteiger partial charge in [0, 0.05) is 0 Å². The van der Waals surface area contributed by atoms with Gasteiger partial charge < -0.3 is 0 Å². The van der Waals surface area contributed by atoms with Crippen LogP contribution in [0.25, 0.3) is 0 Å². The van der Waals surface area contributed by atoms with E-state index >= 15 is 0 Å². The van der Waals surface area contributed by atoms with Gasteiger partial charge in [0.1, 0.15) is 5.15 Å². The third-order valence-corrected chi connectivity index (χ3v) is 3.27. The number of halogens is 3. The average Bonchev–Trinajstić information content (AvgIpc) is 2.35. The van der Waals surface area contributed by atoms with Crippen molar-refractivity contribution in [3.63, 3.8) is 0 Å². The molecule has 1 aromatic carbocycles. The molecule has 0 radical (unpaired) electrons. The zero-order valence-corrected chi connectivity index (χ0v) is 12.3. The van der Waals surface area contributed by atoms with E-state index in [1.807, 2.05) is 31.2 Å². The maximum absolute atomic E-state index is 5.97. The van der Waals surface area contributed by atoms with E-state index in [9.17, 15) is 0 Å². The van der Waals surface area contributed by atoms with E-state index in [2.05, 4.69) is 15.5 Å². The molecule has 0 atom stereocenters. The van der Waals surface area contributed by atoms with Gasteiger partial charge in [0.2, 0.25) is 0 Å². The maximum Gasteiger partial charge on any atom is 0.166 e. The first-order chi connectivity index (χ1) is 9.06. The first kappa shape index (κ1) is 14.1. The molecule has 19 heavy (non-hydrogen) atoms. The number of hydrazone groups is 1. The number of benzene rings is 1. The third kappa shape index (κ3) is 3.83. The van der Waals surface area contributed by atoms with Crippen LogP contribution in [0, 0.1) is 6.92 Å². The minimum Gasteiger partial charge on any atom is -0.260 e. The van der Waals surface area contributed by atoms with Crippen molar-refractivity contribution >= 4 is 46.8 Å². The molecule has 1 heterocycles. The summed E-state index contributed by atoms with van der Waals surface area (Å²) in [7, 11) is 0. The van der Waals surface area contributed by atoms with E-state index in [0.717, 1.165) is 11.1 Å². The molecule has 98 valence electrons. The monoisotopic (exact) mass is 313 g/mol. The zero-order chi connectivity index (χ0) is 13.8. The Hall–Kier alpha value is -1.29. The molecule has 0 aliphatic carbocycles. The van der Waals surface area contributed by atoms with Gasteiger partial charge in [-0.25, -0.2) is 4.98 Å². The lowest BCUT2D eigenvalue weighted by atomic mass is 10.2. The first-order valence-corrected chi connectivity index (χ1v) is 6.57. The van der Waals surface area contributed by atoms with Crippen LogP contribution in [0.1, 0.15) is 11.1 Å². The number of nitrogens with one attached hydrogen (secondary N) is 1. The quantitative estimate of drug-likeness (QED) is 0.502. The van der Waals surface area contributed by atoms with Gasteiger partial charge in [0.05, 0.1) is 16.3 Å². The molecular weight excluding hydrogens is 305 g/mol. The number of nitrogens with zero attached hydrogens (tertiary/aromatic N) is 2. The van der Waals surface area contributed by atoms with Gasteiger partial charge in [-0.05, 0) is 18.6 Å². The Morgan fingerprint density at radius 2 is 1.95 bits per heavy atom. The fourth-order valence-electron chi connectivity index (χ4n) is 1.44. The fraction of sp³-hybridized carbons (Fsp3) is 0.0769. The van der Waals surface area contributed by atoms with Crippen molar-refractivity contribution in [2.24, 2.45) is 5.10 Å². The van der Waals surface area contributed by atoms with Crippen LogP contribution in [0.15, 0.2) is 35.4 Å². The Kier molecular flexibility index (Phi) is 4.64. The molecule has 0 aliphatic rings. The van der Waals surface area contributed by atoms with E-state index in [1.54, 1.807) is 6.21 Å². The van der Waals surface area contributed by atoms with Crippen LogP contribution >= 0.6 is 34.8 Å². The number of aromatic nitrogens is 1. The molecule has 2 aromatic rings. The lowest BCUT2D eigenvalue weighted by Crippen LogP contribution is -1.95. The highest BCUT2D eigenvalue weighted by molar-refractivity contribution is 6.42. The Bertz CT molecular complexity index is 627. The van der Waals surface area contributed by atoms with Crippen LogP contribution in [0.5, 0.6) is 0 Å². The molecule has 1 N–H and O–H groups in total. The van der Waals surface area contributed by atoms with Crippen LogP contribution in [-0.2, 0) is 0 Å². The molecule has 6 heteroatoms. The normalized spacial score (nSPS) is 10.9. The van der Waals surface area contributed by atoms with Crippen molar-refractivity contribution in [2.75, 3.05) is 5.43 Å². The van der Waals surface area contributed by atoms with Gasteiger partial charge in [0.25, 0.3) is 0 Å². The van der Waals surface area contributed by atoms with E-state index in [-0.39, 0.29) is 5.15 Å². The summed E-state index contributed by atoms with van der Waals surface area (Å²) >= 11 is 17.6. The van der Waals surface area contributed by atoms with Crippen molar-refractivity contribution in [3.8, 4) is 0 Å². The van der Waals surface area contributed by atoms with Crippen molar-refractivity contribution in [2.45, 2.75) is 6.92 Å². The standard InChI is InChI=1S/C13H10Cl3N3/c1-8-3-2-4-9(5-8)7-17-19-13-11(15)6-10(14)12(16)18-13/h2-7H,1H3,(H,18,19). The molecule has 0 spiro atoms. The van der Waals surface area contributed by atoms with Gasteiger partial charge in [-0.15, -0.1) is 0 Å². The smallest absolute Gasteiger partial charge is 0.166 e. The molecular formula is C13H10Cl3N3. The van der Waals surface area contributed by atoms with Gasteiger partial charge in [-0.2, -0.15) is 5.10 Å². The molecule has 0 bridgehead atoms. The van der Waals surface area contributed by atoms with Crippen LogP contribution in [0.3, 0.4) is 0 Å². The van der Waals surface area contributed by atoms with Crippen molar-refractivity contribution in [3.05, 3.63) is 56.7 Å². The predicted molar refractivity (Wildman–Crippen MR) is 81.7 cm³/mol. The Morgan fingerprint density at radius 1 is 1.16 bits per heavy atom. The second kappa shape index (κ2) is 6.24. The SMILES string of the molecule is Cc1cccc(C=NNc2nc(Cl)c(Cl)cc2Cl)c1. The van der Waals surface area contributed by atoms with Crippen molar-refractivity contribution in [1.29, 1.82) is 0 Å². The highest BCUT2D eigenvalue weighted by Crippen LogP contribution is 2.28. The second-order valence-corrected chi connectivity index (χ2v) is 5.05. The lowest BCUT2D eigenvalue weighted by Gasteiger charge is -2.04. The predicted octanol–water partition coefficient (Wildman–Crippen LogP) is 4.80. The largest absolute Gasteiger partial charge is 0.260 e. The number of aryl methyl sites for hydroxylation is 1. The summed E-state index contributed by atoms with van der Waals surface area (Å²) in [4.78, 5) is 4.00. The molecule has 3 nitrogen and oxygen atoms in total. The van der Waals surface area contributed by atoms with Gasteiger partial charge in [0.15, 0.2) is 5.82 Å². The highest BCUT2D eigenvalue weighted by Gasteiger charge is 2.06. The first-order valence-electron chi connectivity index (χ1n) is 5.43. The summed E-state index contributed by atoms with van der Waals surface area (Å²) < 4.78 is 0. The average molecular weight is 315 g/mol. The summed E-state index contributed by atoms with van der Waals surface area (Å²) in [5, 5.41) is 4.90. The Labute approximate surface area is 126 Å². The summed E-state index contributed by atoms with van der Waals surface area (Å²) in [6, 6.07) is 9.45. The second-order valence-electron chi connectivity index (χ2n) is 3.88. The molecule has 0 fully saturated rings. The topological polar surface area (TPSA) is 37.3 Å². The molecule has 0 amide bonds. The lowest BCUT2D eigenvalue weighted by molar-refractivity contribution is 1.23. The van der Waals surface area contributed by atoms with Crippen molar-refractivity contribution < 1.29 is 0 Å². The van der Waals surface area contributed by atoms with Crippen LogP contribution in [-0.4, -0.2) is 11.2 Å². The summed E-state index contributed by atoms with van der Waals surface area (Å²) in [6.45, 7) is 2.02. The van der Waals surface area contributed by atoms with Gasteiger partial charge >= 0.3 is 0 Å². The minimum atomic E-state index is 0.180. The number of anilines is 1. The molecule has 1 aromatic heterocycles. The molecule has 0 aliphatic heterocycles. The molecule has 0 saturated heterocycles. The maximum atomic E-state index is 5.97. The highest BCUT2D eigenvalue weighted by atomic mass is 35.5. The zero-order valence-electron chi connectivity index (χ0n) is 9.99. The molecule has 2 rings (SSSR count). The summed E-state index contributed by atoms with van der Waals surface area (Å²) in [6.07, 6.45) is 1.67. The Morgan fingerprint density at radius 3 is 2.68 bits per heavy atom. The fourth-order valence-corrected chi connectivity index (χ4v) is 1.98. The molecule has 0 unspecified atom stereocenters. The minimum absolute atomic E-state index is 0.180. The van der Waals surface area contributed by atoms with E-state index < -0.39 is 0 Å². The number of hydrogen-bond acceptors (Lipinski definition) is 3. The van der Waals surface area contributed by atoms with Gasteiger partial charge in [-0.3, -0.25) is 5.43 Å². The summed E-state index contributed by atoms with van der Waals surface area (Å²) in [5.41, 5.74) is 4.87. The van der Waals surface area contributed by atoms with Crippen LogP contribution in [0.4, 0.5) is 5.82 Å². The number of hydrogen-bond donors (Lipinski definition) is 1. The number of pyridine rings is 1. The summed E-state index contributed by atoms with van der Waals surface area (Å²) in [5.74, 6) is 0.361. The Balaban J connectivity index is 2.12. The molecule has 0 saturated carbocycles.